The number of carbonyl (C=O) groups excluding carboxylic acids is 2. The van der Waals surface area contributed by atoms with Gasteiger partial charge in [-0.15, -0.1) is 0 Å². The Morgan fingerprint density at radius 1 is 0.512 bits per heavy atom. The zero-order valence-electron chi connectivity index (χ0n) is 25.4. The predicted octanol–water partition coefficient (Wildman–Crippen LogP) is 7.14. The molecule has 0 aliphatic carbocycles. The monoisotopic (exact) mass is 578 g/mol. The standard InChI is InChI=1S/C37H42N2O4/c1-26(28-17-9-5-10-18-28)38-34(30-21-13-7-14-22-30)32(36(40)42-3)25-33(37(41)43-4)35(31-23-15-8-16-24-31)39-27(2)29-19-11-6-12-20-29/h5-24,26-27,32-35,38-39H,25H2,1-4H3/t26-,27-,32-,33-,34-,35-/m0/s1. The first-order valence-corrected chi connectivity index (χ1v) is 14.8. The molecule has 2 N–H and O–H groups in total. The molecular weight excluding hydrogens is 536 g/mol. The Kier molecular flexibility index (Phi) is 11.7. The third-order valence-corrected chi connectivity index (χ3v) is 8.10. The molecule has 0 aliphatic heterocycles. The van der Waals surface area contributed by atoms with Crippen LogP contribution in [0.4, 0.5) is 0 Å². The molecule has 0 radical (unpaired) electrons. The quantitative estimate of drug-likeness (QED) is 0.155. The zero-order valence-corrected chi connectivity index (χ0v) is 25.4. The lowest BCUT2D eigenvalue weighted by molar-refractivity contribution is -0.151. The largest absolute Gasteiger partial charge is 0.469 e. The van der Waals surface area contributed by atoms with E-state index in [0.717, 1.165) is 22.3 Å². The number of methoxy groups -OCH3 is 2. The van der Waals surface area contributed by atoms with Gasteiger partial charge in [0.15, 0.2) is 0 Å². The number of nitrogens with one attached hydrogen (secondary N) is 2. The molecule has 0 fully saturated rings. The molecule has 6 atom stereocenters. The van der Waals surface area contributed by atoms with Crippen LogP contribution in [-0.2, 0) is 19.1 Å². The highest BCUT2D eigenvalue weighted by Gasteiger charge is 2.40. The fourth-order valence-electron chi connectivity index (χ4n) is 5.74. The molecule has 0 unspecified atom stereocenters. The van der Waals surface area contributed by atoms with E-state index in [1.54, 1.807) is 0 Å². The minimum absolute atomic E-state index is 0.0729. The van der Waals surface area contributed by atoms with Crippen LogP contribution in [0.3, 0.4) is 0 Å². The molecule has 43 heavy (non-hydrogen) atoms. The average molecular weight is 579 g/mol. The van der Waals surface area contributed by atoms with Gasteiger partial charge in [-0.05, 0) is 42.5 Å². The highest BCUT2D eigenvalue weighted by Crippen LogP contribution is 2.37. The van der Waals surface area contributed by atoms with Crippen molar-refractivity contribution in [3.05, 3.63) is 144 Å². The Balaban J connectivity index is 1.75. The molecule has 6 nitrogen and oxygen atoms in total. The summed E-state index contributed by atoms with van der Waals surface area (Å²) in [7, 11) is 2.80. The third kappa shape index (κ3) is 8.40. The normalized spacial score (nSPS) is 15.3. The van der Waals surface area contributed by atoms with Crippen LogP contribution in [0.15, 0.2) is 121 Å². The molecule has 0 saturated carbocycles. The van der Waals surface area contributed by atoms with Crippen LogP contribution in [0.1, 0.15) is 66.7 Å². The Hall–Kier alpha value is -4.26. The highest BCUT2D eigenvalue weighted by molar-refractivity contribution is 5.77. The van der Waals surface area contributed by atoms with E-state index in [1.807, 2.05) is 97.1 Å². The second-order valence-corrected chi connectivity index (χ2v) is 10.9. The Morgan fingerprint density at radius 3 is 1.07 bits per heavy atom. The van der Waals surface area contributed by atoms with Crippen LogP contribution in [0.5, 0.6) is 0 Å². The SMILES string of the molecule is COC(=O)[C@@H](C[C@H](C(=O)OC)[C@@H](N[C@@H](C)c1ccccc1)c1ccccc1)[C@@H](N[C@@H](C)c1ccccc1)c1ccccc1. The first kappa shape index (κ1) is 31.7. The van der Waals surface area contributed by atoms with Gasteiger partial charge >= 0.3 is 11.9 Å². The number of esters is 2. The van der Waals surface area contributed by atoms with Gasteiger partial charge in [-0.1, -0.05) is 121 Å². The van der Waals surface area contributed by atoms with Gasteiger partial charge in [0.05, 0.1) is 26.1 Å². The van der Waals surface area contributed by atoms with Crippen molar-refractivity contribution in [3.63, 3.8) is 0 Å². The molecular formula is C37H42N2O4. The molecule has 0 aliphatic rings. The minimum Gasteiger partial charge on any atom is -0.469 e. The van der Waals surface area contributed by atoms with E-state index in [9.17, 15) is 9.59 Å². The van der Waals surface area contributed by atoms with Crippen LogP contribution < -0.4 is 10.6 Å². The molecule has 0 saturated heterocycles. The van der Waals surface area contributed by atoms with E-state index in [4.69, 9.17) is 9.47 Å². The fraction of sp³-hybridized carbons (Fsp3) is 0.297. The van der Waals surface area contributed by atoms with Crippen molar-refractivity contribution in [2.24, 2.45) is 11.8 Å². The number of rotatable bonds is 14. The van der Waals surface area contributed by atoms with Crippen molar-refractivity contribution in [1.29, 1.82) is 0 Å². The summed E-state index contributed by atoms with van der Waals surface area (Å²) in [5, 5.41) is 7.40. The number of ether oxygens (including phenoxy) is 2. The highest BCUT2D eigenvalue weighted by atomic mass is 16.5. The molecule has 4 rings (SSSR count). The summed E-state index contributed by atoms with van der Waals surface area (Å²) in [5.41, 5.74) is 4.06. The topological polar surface area (TPSA) is 76.7 Å². The number of hydrogen-bond acceptors (Lipinski definition) is 6. The smallest absolute Gasteiger partial charge is 0.310 e. The van der Waals surface area contributed by atoms with Gasteiger partial charge in [0.1, 0.15) is 0 Å². The minimum atomic E-state index is -0.692. The lowest BCUT2D eigenvalue weighted by Crippen LogP contribution is -2.41. The summed E-state index contributed by atoms with van der Waals surface area (Å²) in [6, 6.07) is 38.9. The summed E-state index contributed by atoms with van der Waals surface area (Å²) in [6.45, 7) is 4.15. The maximum absolute atomic E-state index is 13.7. The van der Waals surface area contributed by atoms with E-state index in [0.29, 0.717) is 0 Å². The lowest BCUT2D eigenvalue weighted by atomic mass is 9.79. The van der Waals surface area contributed by atoms with Crippen molar-refractivity contribution in [1.82, 2.24) is 10.6 Å². The fourth-order valence-corrected chi connectivity index (χ4v) is 5.74. The van der Waals surface area contributed by atoms with Gasteiger partial charge in [-0.25, -0.2) is 0 Å². The maximum Gasteiger partial charge on any atom is 0.310 e. The van der Waals surface area contributed by atoms with Crippen molar-refractivity contribution in [2.45, 2.75) is 44.4 Å². The van der Waals surface area contributed by atoms with E-state index in [1.165, 1.54) is 14.2 Å². The van der Waals surface area contributed by atoms with Gasteiger partial charge in [0.25, 0.3) is 0 Å². The molecule has 0 amide bonds. The molecule has 0 bridgehead atoms. The summed E-state index contributed by atoms with van der Waals surface area (Å²) < 4.78 is 10.8. The van der Waals surface area contributed by atoms with Gasteiger partial charge in [0, 0.05) is 24.2 Å². The third-order valence-electron chi connectivity index (χ3n) is 8.10. The molecule has 0 aromatic heterocycles. The predicted molar refractivity (Wildman–Crippen MR) is 170 cm³/mol. The van der Waals surface area contributed by atoms with E-state index < -0.39 is 35.9 Å². The Morgan fingerprint density at radius 2 is 0.791 bits per heavy atom. The summed E-state index contributed by atoms with van der Waals surface area (Å²) >= 11 is 0. The van der Waals surface area contributed by atoms with Crippen molar-refractivity contribution in [3.8, 4) is 0 Å². The second-order valence-electron chi connectivity index (χ2n) is 10.9. The van der Waals surface area contributed by atoms with Gasteiger partial charge < -0.3 is 20.1 Å². The zero-order chi connectivity index (χ0) is 30.6. The first-order chi connectivity index (χ1) is 20.9. The van der Waals surface area contributed by atoms with E-state index in [2.05, 4.69) is 48.7 Å². The number of benzene rings is 4. The average Bonchev–Trinajstić information content (AvgIpc) is 3.08. The second kappa shape index (κ2) is 15.8. The molecule has 224 valence electrons. The van der Waals surface area contributed by atoms with Gasteiger partial charge in [0.2, 0.25) is 0 Å². The van der Waals surface area contributed by atoms with E-state index in [-0.39, 0.29) is 18.5 Å². The molecule has 0 heterocycles. The van der Waals surface area contributed by atoms with Crippen LogP contribution in [0.2, 0.25) is 0 Å². The van der Waals surface area contributed by atoms with Crippen LogP contribution in [0, 0.1) is 11.8 Å². The Labute approximate surface area is 255 Å². The first-order valence-electron chi connectivity index (χ1n) is 14.8. The molecule has 4 aromatic carbocycles. The van der Waals surface area contributed by atoms with Gasteiger partial charge in [-0.2, -0.15) is 0 Å². The number of carbonyl (C=O) groups is 2. The molecule has 0 spiro atoms. The summed E-state index contributed by atoms with van der Waals surface area (Å²) in [5.74, 6) is -2.16. The summed E-state index contributed by atoms with van der Waals surface area (Å²) in [6.07, 6.45) is 0.196. The van der Waals surface area contributed by atoms with Gasteiger partial charge in [-0.3, -0.25) is 9.59 Å². The van der Waals surface area contributed by atoms with Crippen molar-refractivity contribution in [2.75, 3.05) is 14.2 Å². The molecule has 4 aromatic rings. The van der Waals surface area contributed by atoms with Crippen LogP contribution >= 0.6 is 0 Å². The van der Waals surface area contributed by atoms with Crippen molar-refractivity contribution >= 4 is 11.9 Å². The molecule has 6 heteroatoms. The van der Waals surface area contributed by atoms with Crippen LogP contribution in [0.25, 0.3) is 0 Å². The van der Waals surface area contributed by atoms with Crippen LogP contribution in [-0.4, -0.2) is 26.2 Å². The summed E-state index contributed by atoms with van der Waals surface area (Å²) in [4.78, 5) is 27.3. The maximum atomic E-state index is 13.7. The number of hydrogen-bond donors (Lipinski definition) is 2. The Bertz CT molecular complexity index is 1290. The lowest BCUT2D eigenvalue weighted by Gasteiger charge is -2.35. The van der Waals surface area contributed by atoms with E-state index >= 15 is 0 Å². The van der Waals surface area contributed by atoms with Crippen molar-refractivity contribution < 1.29 is 19.1 Å².